The summed E-state index contributed by atoms with van der Waals surface area (Å²) in [6.07, 6.45) is 5.86. The standard InChI is InChI=1S/C29H40N6O2/c1-20(2)33-16-18-34(19-17-33)29(37)22-10-12-23(13-11-22)30-26-15-14-25-27(31-26)35(21(3)28(36)32(25)4)24-8-6-5-7-9-24/h10-15,20-21,24H,5-9,16-19H2,1-4H3,(H,30,31)/t21-/m1/s1. The monoisotopic (exact) mass is 504 g/mol. The number of carbonyl (C=O) groups excluding carboxylic acids is 2. The van der Waals surface area contributed by atoms with Gasteiger partial charge in [0.15, 0.2) is 5.82 Å². The molecule has 2 amide bonds. The van der Waals surface area contributed by atoms with Gasteiger partial charge in [-0.3, -0.25) is 14.5 Å². The van der Waals surface area contributed by atoms with Gasteiger partial charge >= 0.3 is 0 Å². The Morgan fingerprint density at radius 3 is 2.30 bits per heavy atom. The number of hydrogen-bond donors (Lipinski definition) is 1. The molecule has 0 unspecified atom stereocenters. The number of nitrogens with zero attached hydrogens (tertiary/aromatic N) is 5. The van der Waals surface area contributed by atoms with E-state index in [9.17, 15) is 9.59 Å². The molecule has 8 nitrogen and oxygen atoms in total. The van der Waals surface area contributed by atoms with Crippen LogP contribution in [0.2, 0.25) is 0 Å². The lowest BCUT2D eigenvalue weighted by Crippen LogP contribution is -2.55. The zero-order valence-corrected chi connectivity index (χ0v) is 22.6. The zero-order chi connectivity index (χ0) is 26.1. The molecule has 8 heteroatoms. The van der Waals surface area contributed by atoms with Crippen molar-refractivity contribution in [3.05, 3.63) is 42.0 Å². The number of aromatic nitrogens is 1. The summed E-state index contributed by atoms with van der Waals surface area (Å²) in [6, 6.07) is 12.2. The molecule has 1 saturated carbocycles. The van der Waals surface area contributed by atoms with Crippen molar-refractivity contribution < 1.29 is 9.59 Å². The third kappa shape index (κ3) is 5.17. The van der Waals surface area contributed by atoms with E-state index in [2.05, 4.69) is 29.0 Å². The summed E-state index contributed by atoms with van der Waals surface area (Å²) < 4.78 is 0. The number of likely N-dealkylation sites (N-methyl/N-ethyl adjacent to an activating group) is 1. The Hall–Kier alpha value is -3.13. The normalized spacial score (nSPS) is 21.4. The van der Waals surface area contributed by atoms with E-state index in [1.54, 1.807) is 4.90 Å². The second-order valence-corrected chi connectivity index (χ2v) is 10.9. The first-order chi connectivity index (χ1) is 17.8. The van der Waals surface area contributed by atoms with E-state index in [4.69, 9.17) is 4.98 Å². The van der Waals surface area contributed by atoms with Gasteiger partial charge in [0, 0.05) is 56.6 Å². The Bertz CT molecular complexity index is 1120. The number of amides is 2. The Balaban J connectivity index is 1.31. The quantitative estimate of drug-likeness (QED) is 0.647. The summed E-state index contributed by atoms with van der Waals surface area (Å²) in [4.78, 5) is 39.3. The summed E-state index contributed by atoms with van der Waals surface area (Å²) in [6.45, 7) is 9.77. The lowest BCUT2D eigenvalue weighted by atomic mass is 9.92. The highest BCUT2D eigenvalue weighted by Gasteiger charge is 2.38. The van der Waals surface area contributed by atoms with E-state index in [1.807, 2.05) is 55.3 Å². The van der Waals surface area contributed by atoms with Crippen molar-refractivity contribution in [1.82, 2.24) is 14.8 Å². The largest absolute Gasteiger partial charge is 0.340 e. The number of benzene rings is 1. The predicted octanol–water partition coefficient (Wildman–Crippen LogP) is 4.50. The van der Waals surface area contributed by atoms with E-state index < -0.39 is 0 Å². The molecule has 1 atom stereocenters. The minimum absolute atomic E-state index is 0.0895. The molecule has 2 fully saturated rings. The van der Waals surface area contributed by atoms with Crippen LogP contribution >= 0.6 is 0 Å². The number of pyridine rings is 1. The molecule has 3 heterocycles. The average molecular weight is 505 g/mol. The van der Waals surface area contributed by atoms with Crippen molar-refractivity contribution in [2.75, 3.05) is 48.3 Å². The number of fused-ring (bicyclic) bond motifs is 1. The topological polar surface area (TPSA) is 72.0 Å². The van der Waals surface area contributed by atoms with Crippen molar-refractivity contribution in [2.45, 2.75) is 71.0 Å². The molecule has 198 valence electrons. The molecule has 1 aromatic carbocycles. The van der Waals surface area contributed by atoms with Crippen molar-refractivity contribution in [3.63, 3.8) is 0 Å². The third-order valence-corrected chi connectivity index (χ3v) is 8.27. The molecular weight excluding hydrogens is 464 g/mol. The van der Waals surface area contributed by atoms with Gasteiger partial charge in [0.05, 0.1) is 5.69 Å². The number of hydrogen-bond acceptors (Lipinski definition) is 6. The maximum Gasteiger partial charge on any atom is 0.253 e. The van der Waals surface area contributed by atoms with Crippen molar-refractivity contribution in [2.24, 2.45) is 0 Å². The molecule has 2 aliphatic heterocycles. The molecule has 0 spiro atoms. The van der Waals surface area contributed by atoms with E-state index in [1.165, 1.54) is 19.3 Å². The fourth-order valence-electron chi connectivity index (χ4n) is 5.98. The Kier molecular flexibility index (Phi) is 7.38. The van der Waals surface area contributed by atoms with Gasteiger partial charge in [-0.1, -0.05) is 19.3 Å². The Morgan fingerprint density at radius 2 is 1.65 bits per heavy atom. The molecule has 5 rings (SSSR count). The average Bonchev–Trinajstić information content (AvgIpc) is 2.92. The van der Waals surface area contributed by atoms with E-state index >= 15 is 0 Å². The summed E-state index contributed by atoms with van der Waals surface area (Å²) in [7, 11) is 1.84. The minimum atomic E-state index is -0.226. The van der Waals surface area contributed by atoms with E-state index in [0.29, 0.717) is 17.6 Å². The van der Waals surface area contributed by atoms with Crippen LogP contribution in [-0.2, 0) is 4.79 Å². The van der Waals surface area contributed by atoms with Crippen LogP contribution in [0.1, 0.15) is 63.2 Å². The minimum Gasteiger partial charge on any atom is -0.340 e. The summed E-state index contributed by atoms with van der Waals surface area (Å²) in [5.74, 6) is 1.82. The highest BCUT2D eigenvalue weighted by atomic mass is 16.2. The van der Waals surface area contributed by atoms with Crippen LogP contribution in [0, 0.1) is 0 Å². The first-order valence-corrected chi connectivity index (χ1v) is 13.8. The van der Waals surface area contributed by atoms with Gasteiger partial charge in [0.25, 0.3) is 5.91 Å². The number of nitrogens with one attached hydrogen (secondary N) is 1. The van der Waals surface area contributed by atoms with Crippen molar-refractivity contribution in [1.29, 1.82) is 0 Å². The van der Waals surface area contributed by atoms with Crippen LogP contribution in [0.5, 0.6) is 0 Å². The first-order valence-electron chi connectivity index (χ1n) is 13.8. The van der Waals surface area contributed by atoms with Crippen LogP contribution < -0.4 is 15.1 Å². The number of rotatable bonds is 5. The second-order valence-electron chi connectivity index (χ2n) is 10.9. The zero-order valence-electron chi connectivity index (χ0n) is 22.6. The van der Waals surface area contributed by atoms with Crippen LogP contribution in [0.3, 0.4) is 0 Å². The molecule has 3 aliphatic rings. The summed E-state index contributed by atoms with van der Waals surface area (Å²) in [5.41, 5.74) is 2.45. The molecule has 2 aromatic rings. The van der Waals surface area contributed by atoms with Crippen LogP contribution in [0.25, 0.3) is 0 Å². The van der Waals surface area contributed by atoms with Gasteiger partial charge in [-0.15, -0.1) is 0 Å². The van der Waals surface area contributed by atoms with Gasteiger partial charge in [0.1, 0.15) is 11.9 Å². The number of carbonyl (C=O) groups is 2. The molecule has 1 N–H and O–H groups in total. The predicted molar refractivity (Wildman–Crippen MR) is 149 cm³/mol. The van der Waals surface area contributed by atoms with E-state index in [-0.39, 0.29) is 17.9 Å². The van der Waals surface area contributed by atoms with E-state index in [0.717, 1.165) is 62.0 Å². The fourth-order valence-corrected chi connectivity index (χ4v) is 5.98. The lowest BCUT2D eigenvalue weighted by molar-refractivity contribution is -0.119. The van der Waals surface area contributed by atoms with Gasteiger partial charge in [-0.05, 0) is 70.0 Å². The molecule has 1 aliphatic carbocycles. The van der Waals surface area contributed by atoms with Crippen molar-refractivity contribution >= 4 is 34.8 Å². The van der Waals surface area contributed by atoms with Gasteiger partial charge in [0.2, 0.25) is 5.91 Å². The maximum atomic E-state index is 13.0. The lowest BCUT2D eigenvalue weighted by Gasteiger charge is -2.44. The highest BCUT2D eigenvalue weighted by molar-refractivity contribution is 6.04. The second kappa shape index (κ2) is 10.7. The molecule has 1 aromatic heterocycles. The number of piperazine rings is 1. The summed E-state index contributed by atoms with van der Waals surface area (Å²) >= 11 is 0. The maximum absolute atomic E-state index is 13.0. The third-order valence-electron chi connectivity index (χ3n) is 8.27. The van der Waals surface area contributed by atoms with Gasteiger partial charge < -0.3 is 20.0 Å². The first kappa shape index (κ1) is 25.5. The fraction of sp³-hybridized carbons (Fsp3) is 0.552. The van der Waals surface area contributed by atoms with Crippen LogP contribution in [0.4, 0.5) is 23.0 Å². The SMILES string of the molecule is CC(C)N1CCN(C(=O)c2ccc(Nc3ccc4c(n3)N(C3CCCCC3)[C@H](C)C(=O)N4C)cc2)CC1. The van der Waals surface area contributed by atoms with Crippen molar-refractivity contribution in [3.8, 4) is 0 Å². The molecular formula is C29H40N6O2. The molecule has 0 radical (unpaired) electrons. The van der Waals surface area contributed by atoms with Crippen LogP contribution in [0.15, 0.2) is 36.4 Å². The van der Waals surface area contributed by atoms with Gasteiger partial charge in [-0.25, -0.2) is 4.98 Å². The molecule has 1 saturated heterocycles. The Morgan fingerprint density at radius 1 is 0.973 bits per heavy atom. The Labute approximate surface area is 220 Å². The summed E-state index contributed by atoms with van der Waals surface area (Å²) in [5, 5.41) is 3.41. The highest BCUT2D eigenvalue weighted by Crippen LogP contribution is 2.39. The molecule has 37 heavy (non-hydrogen) atoms. The number of anilines is 4. The van der Waals surface area contributed by atoms with Gasteiger partial charge in [-0.2, -0.15) is 0 Å². The van der Waals surface area contributed by atoms with Crippen LogP contribution in [-0.4, -0.2) is 78.0 Å². The molecule has 0 bridgehead atoms. The smallest absolute Gasteiger partial charge is 0.253 e.